The number of nitrogens with zero attached hydrogens (tertiary/aromatic N) is 2. The highest BCUT2D eigenvalue weighted by Crippen LogP contribution is 2.40. The molecule has 13 heteroatoms. The maximum absolute atomic E-state index is 12.6. The van der Waals surface area contributed by atoms with Gasteiger partial charge in [0.25, 0.3) is 11.8 Å². The number of thioether (sulfide) groups is 1. The fraction of sp³-hybridized carbons (Fsp3) is 0.312. The summed E-state index contributed by atoms with van der Waals surface area (Å²) in [7, 11) is 1.25. The number of amides is 3. The topological polar surface area (TPSA) is 174 Å². The van der Waals surface area contributed by atoms with Crippen LogP contribution in [0.25, 0.3) is 0 Å². The number of fused-ring (bicyclic) bond motifs is 1. The zero-order chi connectivity index (χ0) is 21.1. The van der Waals surface area contributed by atoms with Gasteiger partial charge in [0.2, 0.25) is 5.71 Å². The molecule has 12 nitrogen and oxygen atoms in total. The van der Waals surface area contributed by atoms with Gasteiger partial charge in [-0.1, -0.05) is 5.16 Å². The van der Waals surface area contributed by atoms with Crippen molar-refractivity contribution >= 4 is 41.4 Å². The molecular formula is C16H16N4O8S. The molecule has 1 aromatic heterocycles. The van der Waals surface area contributed by atoms with E-state index in [0.29, 0.717) is 0 Å². The Bertz CT molecular complexity index is 910. The summed E-state index contributed by atoms with van der Waals surface area (Å²) in [5.41, 5.74) is 4.68. The minimum atomic E-state index is -1.35. The lowest BCUT2D eigenvalue weighted by atomic mass is 10.0. The summed E-state index contributed by atoms with van der Waals surface area (Å²) in [5, 5.41) is 15.0. The van der Waals surface area contributed by atoms with Gasteiger partial charge in [-0.3, -0.25) is 14.5 Å². The van der Waals surface area contributed by atoms with Gasteiger partial charge in [0.15, 0.2) is 5.76 Å². The van der Waals surface area contributed by atoms with Crippen molar-refractivity contribution in [3.8, 4) is 0 Å². The number of carboxylic acids is 1. The predicted molar refractivity (Wildman–Crippen MR) is 97.5 cm³/mol. The highest BCUT2D eigenvalue weighted by molar-refractivity contribution is 8.00. The number of nitrogens with one attached hydrogen (secondary N) is 1. The first kappa shape index (κ1) is 20.3. The molecule has 3 amide bonds. The number of β-lactam (4-membered cyclic amide) rings is 1. The molecule has 1 fully saturated rings. The number of hydrogen-bond acceptors (Lipinski definition) is 9. The molecule has 0 bridgehead atoms. The Kier molecular flexibility index (Phi) is 5.77. The second kappa shape index (κ2) is 8.26. The molecule has 2 atom stereocenters. The molecule has 2 aliphatic rings. The second-order valence-electron chi connectivity index (χ2n) is 5.83. The third kappa shape index (κ3) is 3.89. The number of carboxylic acid groups (broad SMARTS) is 1. The lowest BCUT2D eigenvalue weighted by molar-refractivity contribution is -0.150. The Morgan fingerprint density at radius 1 is 1.48 bits per heavy atom. The van der Waals surface area contributed by atoms with Gasteiger partial charge >= 0.3 is 12.1 Å². The number of oxime groups is 1. The van der Waals surface area contributed by atoms with Crippen LogP contribution in [0.1, 0.15) is 5.76 Å². The van der Waals surface area contributed by atoms with Gasteiger partial charge < -0.3 is 30.1 Å². The van der Waals surface area contributed by atoms with Crippen LogP contribution in [0.15, 0.2) is 39.2 Å². The summed E-state index contributed by atoms with van der Waals surface area (Å²) >= 11 is 1.21. The average molecular weight is 424 g/mol. The predicted octanol–water partition coefficient (Wildman–Crippen LogP) is -0.536. The highest BCUT2D eigenvalue weighted by atomic mass is 32.2. The van der Waals surface area contributed by atoms with Crippen LogP contribution in [-0.2, 0) is 24.0 Å². The van der Waals surface area contributed by atoms with Crippen molar-refractivity contribution in [1.82, 2.24) is 10.2 Å². The Morgan fingerprint density at radius 2 is 2.24 bits per heavy atom. The summed E-state index contributed by atoms with van der Waals surface area (Å²) in [6.07, 6.45) is 0.290. The first-order valence-corrected chi connectivity index (χ1v) is 9.18. The van der Waals surface area contributed by atoms with E-state index >= 15 is 0 Å². The SMILES string of the molecule is CO/N=C(/C(=O)N[C@@H]1C(=O)N2C(C(=O)O)=C(COC(N)=O)CS[C@@H]12)c1ccco1. The summed E-state index contributed by atoms with van der Waals surface area (Å²) < 4.78 is 9.79. The number of aliphatic carboxylic acids is 1. The van der Waals surface area contributed by atoms with Crippen molar-refractivity contribution in [1.29, 1.82) is 0 Å². The van der Waals surface area contributed by atoms with Crippen LogP contribution < -0.4 is 11.1 Å². The number of ether oxygens (including phenoxy) is 1. The molecule has 3 heterocycles. The molecule has 0 aliphatic carbocycles. The van der Waals surface area contributed by atoms with Crippen molar-refractivity contribution in [2.24, 2.45) is 10.9 Å². The van der Waals surface area contributed by atoms with Crippen LogP contribution in [0.3, 0.4) is 0 Å². The Labute approximate surface area is 167 Å². The zero-order valence-corrected chi connectivity index (χ0v) is 15.8. The first-order chi connectivity index (χ1) is 13.8. The summed E-state index contributed by atoms with van der Waals surface area (Å²) in [6.45, 7) is -0.347. The lowest BCUT2D eigenvalue weighted by Gasteiger charge is -2.49. The molecule has 0 aromatic carbocycles. The maximum Gasteiger partial charge on any atom is 0.404 e. The minimum Gasteiger partial charge on any atom is -0.477 e. The van der Waals surface area contributed by atoms with Gasteiger partial charge in [0.1, 0.15) is 30.8 Å². The number of hydrogen-bond donors (Lipinski definition) is 3. The summed E-state index contributed by atoms with van der Waals surface area (Å²) in [6, 6.07) is 2.08. The second-order valence-corrected chi connectivity index (χ2v) is 6.93. The Morgan fingerprint density at radius 3 is 2.83 bits per heavy atom. The van der Waals surface area contributed by atoms with Gasteiger partial charge in [-0.15, -0.1) is 11.8 Å². The first-order valence-electron chi connectivity index (χ1n) is 8.13. The normalized spacial score (nSPS) is 21.2. The van der Waals surface area contributed by atoms with E-state index in [4.69, 9.17) is 10.2 Å². The molecule has 2 aliphatic heterocycles. The number of carbonyl (C=O) groups is 4. The zero-order valence-electron chi connectivity index (χ0n) is 15.0. The van der Waals surface area contributed by atoms with Crippen LogP contribution in [0.2, 0.25) is 0 Å². The van der Waals surface area contributed by atoms with Gasteiger partial charge in [-0.05, 0) is 12.1 Å². The molecule has 0 radical (unpaired) electrons. The van der Waals surface area contributed by atoms with E-state index in [1.165, 1.54) is 31.2 Å². The number of nitrogens with two attached hydrogens (primary N) is 1. The van der Waals surface area contributed by atoms with Crippen LogP contribution in [0.4, 0.5) is 4.79 Å². The molecule has 0 unspecified atom stereocenters. The van der Waals surface area contributed by atoms with E-state index in [0.717, 1.165) is 4.90 Å². The van der Waals surface area contributed by atoms with E-state index in [9.17, 15) is 24.3 Å². The van der Waals surface area contributed by atoms with Crippen LogP contribution in [0, 0.1) is 0 Å². The number of furan rings is 1. The largest absolute Gasteiger partial charge is 0.477 e. The number of carbonyl (C=O) groups excluding carboxylic acids is 3. The molecule has 1 aromatic rings. The van der Waals surface area contributed by atoms with Gasteiger partial charge in [-0.25, -0.2) is 9.59 Å². The van der Waals surface area contributed by atoms with E-state index in [1.54, 1.807) is 6.07 Å². The molecule has 29 heavy (non-hydrogen) atoms. The molecule has 0 saturated carbocycles. The van der Waals surface area contributed by atoms with Crippen molar-refractivity contribution < 1.29 is 38.3 Å². The van der Waals surface area contributed by atoms with E-state index < -0.39 is 35.3 Å². The summed E-state index contributed by atoms with van der Waals surface area (Å²) in [5.74, 6) is -2.38. The van der Waals surface area contributed by atoms with E-state index in [-0.39, 0.29) is 35.1 Å². The smallest absolute Gasteiger partial charge is 0.404 e. The number of primary amides is 1. The number of rotatable bonds is 7. The van der Waals surface area contributed by atoms with Gasteiger partial charge in [0.05, 0.1) is 6.26 Å². The minimum absolute atomic E-state index is 0.140. The van der Waals surface area contributed by atoms with Crippen molar-refractivity contribution in [3.05, 3.63) is 35.4 Å². The van der Waals surface area contributed by atoms with Crippen molar-refractivity contribution in [3.63, 3.8) is 0 Å². The highest BCUT2D eigenvalue weighted by Gasteiger charge is 2.54. The fourth-order valence-electron chi connectivity index (χ4n) is 2.87. The quantitative estimate of drug-likeness (QED) is 0.295. The fourth-order valence-corrected chi connectivity index (χ4v) is 4.19. The summed E-state index contributed by atoms with van der Waals surface area (Å²) in [4.78, 5) is 53.3. The van der Waals surface area contributed by atoms with Crippen molar-refractivity contribution in [2.75, 3.05) is 19.5 Å². The molecule has 0 spiro atoms. The monoisotopic (exact) mass is 424 g/mol. The Balaban J connectivity index is 1.77. The Hall–Kier alpha value is -3.48. The van der Waals surface area contributed by atoms with Gasteiger partial charge in [0, 0.05) is 11.3 Å². The van der Waals surface area contributed by atoms with E-state index in [2.05, 4.69) is 20.0 Å². The average Bonchev–Trinajstić information content (AvgIpc) is 3.21. The molecular weight excluding hydrogens is 408 g/mol. The maximum atomic E-state index is 12.6. The lowest BCUT2D eigenvalue weighted by Crippen LogP contribution is -2.71. The molecule has 4 N–H and O–H groups in total. The van der Waals surface area contributed by atoms with Crippen molar-refractivity contribution in [2.45, 2.75) is 11.4 Å². The van der Waals surface area contributed by atoms with Crippen LogP contribution in [0.5, 0.6) is 0 Å². The van der Waals surface area contributed by atoms with E-state index in [1.807, 2.05) is 0 Å². The van der Waals surface area contributed by atoms with Crippen LogP contribution in [-0.4, -0.2) is 70.5 Å². The standard InChI is InChI=1S/C16H16N4O8S/c1-26-19-9(8-3-2-4-27-8)12(21)18-10-13(22)20-11(15(23)24)7(5-28-16(17)25)6-29-14(10)20/h2-4,10,14H,5-6H2,1H3,(H2,17,25)(H,18,21)(H,23,24)/b19-9+/t10-,14+/m1/s1. The molecule has 154 valence electrons. The molecule has 3 rings (SSSR count). The van der Waals surface area contributed by atoms with Crippen LogP contribution >= 0.6 is 11.8 Å². The molecule has 1 saturated heterocycles. The third-order valence-corrected chi connectivity index (χ3v) is 5.42. The van der Waals surface area contributed by atoms with Gasteiger partial charge in [-0.2, -0.15) is 0 Å². The third-order valence-electron chi connectivity index (χ3n) is 4.08.